The highest BCUT2D eigenvalue weighted by molar-refractivity contribution is 5.91. The Bertz CT molecular complexity index is 1810. The molecule has 0 spiro atoms. The quantitative estimate of drug-likeness (QED) is 0.178. The third-order valence-electron chi connectivity index (χ3n) is 10.1. The van der Waals surface area contributed by atoms with Gasteiger partial charge in [-0.15, -0.1) is 0 Å². The summed E-state index contributed by atoms with van der Waals surface area (Å²) in [4.78, 5) is 42.7. The molecule has 4 aromatic heterocycles. The zero-order valence-electron chi connectivity index (χ0n) is 28.0. The highest BCUT2D eigenvalue weighted by atomic mass is 19.4. The minimum absolute atomic E-state index is 0.0171. The maximum Gasteiger partial charge on any atom is 0.433 e. The van der Waals surface area contributed by atoms with Crippen molar-refractivity contribution in [1.29, 1.82) is 0 Å². The molecule has 1 aliphatic heterocycles. The molecule has 4 aromatic rings. The molecule has 0 radical (unpaired) electrons. The Kier molecular flexibility index (Phi) is 8.92. The van der Waals surface area contributed by atoms with E-state index in [4.69, 9.17) is 19.4 Å². The number of nitrogens with zero attached hydrogens (tertiary/aromatic N) is 7. The topological polar surface area (TPSA) is 122 Å². The summed E-state index contributed by atoms with van der Waals surface area (Å²) in [5, 5.41) is 0. The zero-order chi connectivity index (χ0) is 34.3. The number of piperidine rings is 1. The van der Waals surface area contributed by atoms with E-state index in [1.54, 1.807) is 25.6 Å². The molecule has 3 fully saturated rings. The lowest BCUT2D eigenvalue weighted by molar-refractivity contribution is -0.148. The molecule has 7 rings (SSSR count). The summed E-state index contributed by atoms with van der Waals surface area (Å²) >= 11 is 0. The molecule has 1 saturated heterocycles. The Balaban J connectivity index is 1.21. The van der Waals surface area contributed by atoms with Crippen LogP contribution >= 0.6 is 0 Å². The van der Waals surface area contributed by atoms with Crippen LogP contribution in [0.5, 0.6) is 0 Å². The second kappa shape index (κ2) is 13.2. The van der Waals surface area contributed by atoms with Gasteiger partial charge in [-0.1, -0.05) is 6.42 Å². The minimum Gasteiger partial charge on any atom is -0.466 e. The number of carbonyl (C=O) groups excluding carboxylic acids is 1. The molecule has 1 N–H and O–H groups in total. The van der Waals surface area contributed by atoms with Crippen LogP contribution in [0.3, 0.4) is 0 Å². The molecule has 0 unspecified atom stereocenters. The first-order valence-corrected chi connectivity index (χ1v) is 17.0. The minimum atomic E-state index is -4.52. The van der Waals surface area contributed by atoms with E-state index in [0.29, 0.717) is 91.7 Å². The van der Waals surface area contributed by atoms with E-state index in [0.717, 1.165) is 31.5 Å². The number of esters is 1. The molecule has 5 heterocycles. The molecule has 2 aliphatic carbocycles. The fourth-order valence-corrected chi connectivity index (χ4v) is 7.24. The van der Waals surface area contributed by atoms with Crippen LogP contribution in [0.25, 0.3) is 33.9 Å². The Hall–Kier alpha value is -4.33. The average molecular weight is 679 g/mol. The van der Waals surface area contributed by atoms with Crippen molar-refractivity contribution in [3.63, 3.8) is 0 Å². The maximum absolute atomic E-state index is 13.8. The van der Waals surface area contributed by atoms with Crippen molar-refractivity contribution >= 4 is 28.6 Å². The number of nitrogens with one attached hydrogen (secondary N) is 1. The van der Waals surface area contributed by atoms with Crippen LogP contribution in [-0.2, 0) is 20.4 Å². The summed E-state index contributed by atoms with van der Waals surface area (Å²) < 4.78 is 52.3. The molecule has 0 atom stereocenters. The second-order valence-electron chi connectivity index (χ2n) is 13.7. The van der Waals surface area contributed by atoms with Gasteiger partial charge < -0.3 is 24.3 Å². The molecule has 260 valence electrons. The Morgan fingerprint density at radius 1 is 1.04 bits per heavy atom. The number of methoxy groups -OCH3 is 1. The van der Waals surface area contributed by atoms with Crippen LogP contribution in [0.1, 0.15) is 69.0 Å². The normalized spacial score (nSPS) is 18.0. The number of H-pyrrole nitrogens is 1. The standard InChI is InChI=1S/C35H41F3N8O3/c1-4-49-33(47)22-8-12-46(13-9-22)28-18-39-26(17-40-28)31-43-29-27(45(2)19-34(20-48-3)10-5-11-34)15-25(42-32(29)44-31)23-14-24(21-6-7-21)30(41-16-23)35(36,37)38/h14-18,21-22H,4-13,19-20H2,1-3H3,(H,42,43,44). The first kappa shape index (κ1) is 33.2. The van der Waals surface area contributed by atoms with Crippen molar-refractivity contribution in [3.05, 3.63) is 42.0 Å². The largest absolute Gasteiger partial charge is 0.466 e. The lowest BCUT2D eigenvalue weighted by Gasteiger charge is -2.44. The number of fused-ring (bicyclic) bond motifs is 1. The third-order valence-corrected chi connectivity index (χ3v) is 10.1. The van der Waals surface area contributed by atoms with Gasteiger partial charge in [0.25, 0.3) is 0 Å². The number of carbonyl (C=O) groups is 1. The summed E-state index contributed by atoms with van der Waals surface area (Å²) in [6.07, 6.45) is 6.17. The fraction of sp³-hybridized carbons (Fsp3) is 0.543. The summed E-state index contributed by atoms with van der Waals surface area (Å²) in [5.74, 6) is 0.803. The smallest absolute Gasteiger partial charge is 0.433 e. The van der Waals surface area contributed by atoms with E-state index >= 15 is 0 Å². The molecular formula is C35H41F3N8O3. The van der Waals surface area contributed by atoms with Gasteiger partial charge in [-0.25, -0.2) is 19.9 Å². The number of imidazole rings is 1. The Labute approximate surface area is 282 Å². The first-order valence-electron chi connectivity index (χ1n) is 17.0. The predicted octanol–water partition coefficient (Wildman–Crippen LogP) is 6.41. The summed E-state index contributed by atoms with van der Waals surface area (Å²) in [6.45, 7) is 4.92. The number of pyridine rings is 2. The van der Waals surface area contributed by atoms with Gasteiger partial charge in [0.1, 0.15) is 22.7 Å². The third kappa shape index (κ3) is 6.79. The van der Waals surface area contributed by atoms with Gasteiger partial charge in [0.2, 0.25) is 0 Å². The van der Waals surface area contributed by atoms with Gasteiger partial charge in [-0.05, 0) is 69.1 Å². The van der Waals surface area contributed by atoms with Crippen LogP contribution in [-0.4, -0.2) is 82.9 Å². The van der Waals surface area contributed by atoms with Gasteiger partial charge in [0, 0.05) is 51.0 Å². The summed E-state index contributed by atoms with van der Waals surface area (Å²) in [6, 6.07) is 3.50. The fourth-order valence-electron chi connectivity index (χ4n) is 7.24. The lowest BCUT2D eigenvalue weighted by Crippen LogP contribution is -2.44. The van der Waals surface area contributed by atoms with Gasteiger partial charge in [0.05, 0.1) is 42.9 Å². The monoisotopic (exact) mass is 678 g/mol. The number of aromatic nitrogens is 6. The van der Waals surface area contributed by atoms with Crippen molar-refractivity contribution in [2.24, 2.45) is 11.3 Å². The van der Waals surface area contributed by atoms with Crippen LogP contribution in [0.4, 0.5) is 24.7 Å². The van der Waals surface area contributed by atoms with Gasteiger partial charge in [-0.3, -0.25) is 9.78 Å². The highest BCUT2D eigenvalue weighted by Crippen LogP contribution is 2.47. The number of hydrogen-bond donors (Lipinski definition) is 1. The SMILES string of the molecule is CCOC(=O)C1CCN(c2cnc(-c3nc4nc(-c5cnc(C(F)(F)F)c(C6CC6)c5)cc(N(C)CC5(COC)CCC5)c4[nH]3)cn2)CC1. The highest BCUT2D eigenvalue weighted by Gasteiger charge is 2.41. The number of rotatable bonds is 11. The van der Waals surface area contributed by atoms with Crippen LogP contribution < -0.4 is 9.80 Å². The molecule has 0 amide bonds. The zero-order valence-corrected chi connectivity index (χ0v) is 28.0. The maximum atomic E-state index is 13.8. The average Bonchev–Trinajstić information content (AvgIpc) is 3.84. The van der Waals surface area contributed by atoms with E-state index in [2.05, 4.69) is 29.7 Å². The lowest BCUT2D eigenvalue weighted by atomic mass is 9.69. The van der Waals surface area contributed by atoms with E-state index in [1.807, 2.05) is 20.0 Å². The van der Waals surface area contributed by atoms with Crippen molar-refractivity contribution in [2.45, 2.75) is 64.0 Å². The molecule has 0 aromatic carbocycles. The molecule has 49 heavy (non-hydrogen) atoms. The number of aromatic amines is 1. The molecule has 2 saturated carbocycles. The Morgan fingerprint density at radius 2 is 1.82 bits per heavy atom. The van der Waals surface area contributed by atoms with E-state index in [1.165, 1.54) is 6.20 Å². The summed E-state index contributed by atoms with van der Waals surface area (Å²) in [5.41, 5.74) is 2.90. The first-order chi connectivity index (χ1) is 23.6. The van der Waals surface area contributed by atoms with Crippen LogP contribution in [0, 0.1) is 11.3 Å². The molecule has 14 heteroatoms. The number of anilines is 2. The van der Waals surface area contributed by atoms with E-state index < -0.39 is 11.9 Å². The van der Waals surface area contributed by atoms with E-state index in [9.17, 15) is 18.0 Å². The molecule has 3 aliphatic rings. The molecule has 0 bridgehead atoms. The number of alkyl halides is 3. The predicted molar refractivity (Wildman–Crippen MR) is 178 cm³/mol. The van der Waals surface area contributed by atoms with Crippen molar-refractivity contribution in [3.8, 4) is 22.8 Å². The molecule has 11 nitrogen and oxygen atoms in total. The number of halogens is 3. The van der Waals surface area contributed by atoms with Crippen LogP contribution in [0.2, 0.25) is 0 Å². The summed E-state index contributed by atoms with van der Waals surface area (Å²) in [7, 11) is 3.73. The van der Waals surface area contributed by atoms with E-state index in [-0.39, 0.29) is 28.8 Å². The molecular weight excluding hydrogens is 637 g/mol. The van der Waals surface area contributed by atoms with Crippen molar-refractivity contribution < 1.29 is 27.4 Å². The van der Waals surface area contributed by atoms with Crippen LogP contribution in [0.15, 0.2) is 30.7 Å². The Morgan fingerprint density at radius 3 is 2.43 bits per heavy atom. The van der Waals surface area contributed by atoms with Crippen molar-refractivity contribution in [2.75, 3.05) is 56.8 Å². The number of ether oxygens (including phenoxy) is 2. The van der Waals surface area contributed by atoms with Gasteiger partial charge in [-0.2, -0.15) is 13.2 Å². The van der Waals surface area contributed by atoms with Gasteiger partial charge in [0.15, 0.2) is 11.5 Å². The van der Waals surface area contributed by atoms with Gasteiger partial charge >= 0.3 is 12.1 Å². The number of hydrogen-bond acceptors (Lipinski definition) is 10. The van der Waals surface area contributed by atoms with Crippen molar-refractivity contribution in [1.82, 2.24) is 29.9 Å². The second-order valence-corrected chi connectivity index (χ2v) is 13.7.